The lowest BCUT2D eigenvalue weighted by Gasteiger charge is -1.98. The highest BCUT2D eigenvalue weighted by Gasteiger charge is 2.09. The lowest BCUT2D eigenvalue weighted by molar-refractivity contribution is 0.0697. The molecule has 0 aliphatic carbocycles. The quantitative estimate of drug-likeness (QED) is 0.752. The van der Waals surface area contributed by atoms with Gasteiger partial charge < -0.3 is 9.52 Å². The van der Waals surface area contributed by atoms with E-state index in [4.69, 9.17) is 9.52 Å². The Morgan fingerprint density at radius 2 is 2.11 bits per heavy atom. The van der Waals surface area contributed by atoms with Crippen LogP contribution in [0.2, 0.25) is 0 Å². The summed E-state index contributed by atoms with van der Waals surface area (Å²) in [5.74, 6) is -0.267. The van der Waals surface area contributed by atoms with Crippen LogP contribution in [0, 0.1) is 0 Å². The highest BCUT2D eigenvalue weighted by atomic mass is 16.4. The van der Waals surface area contributed by atoms with Crippen LogP contribution in [-0.2, 0) is 0 Å². The van der Waals surface area contributed by atoms with Crippen molar-refractivity contribution in [2.24, 2.45) is 0 Å². The fourth-order valence-electron chi connectivity index (χ4n) is 1.84. The molecule has 0 amide bonds. The minimum Gasteiger partial charge on any atom is -0.478 e. The Kier molecular flexibility index (Phi) is 2.64. The summed E-state index contributed by atoms with van der Waals surface area (Å²) in [5, 5.41) is 16.0. The number of carbonyl (C=O) groups is 1. The third-order valence-electron chi connectivity index (χ3n) is 2.77. The van der Waals surface area contributed by atoms with E-state index >= 15 is 0 Å². The number of nitrogens with one attached hydrogen (secondary N) is 1. The van der Waals surface area contributed by atoms with Gasteiger partial charge >= 0.3 is 5.97 Å². The van der Waals surface area contributed by atoms with Crippen LogP contribution in [-0.4, -0.2) is 21.3 Å². The average Bonchev–Trinajstić information content (AvgIpc) is 3.09. The number of hydrogen-bond acceptors (Lipinski definition) is 3. The number of aromatic amines is 1. The first-order valence-corrected chi connectivity index (χ1v) is 5.67. The fraction of sp³-hybridized carbons (Fsp3) is 0. The van der Waals surface area contributed by atoms with Crippen LogP contribution in [0.1, 0.15) is 10.4 Å². The molecule has 0 saturated heterocycles. The van der Waals surface area contributed by atoms with E-state index in [1.54, 1.807) is 30.5 Å². The van der Waals surface area contributed by atoms with Gasteiger partial charge in [-0.3, -0.25) is 5.10 Å². The second kappa shape index (κ2) is 4.45. The van der Waals surface area contributed by atoms with E-state index in [9.17, 15) is 4.79 Å². The van der Waals surface area contributed by atoms with E-state index in [1.165, 1.54) is 0 Å². The summed E-state index contributed by atoms with van der Waals surface area (Å²) >= 11 is 0. The zero-order valence-electron chi connectivity index (χ0n) is 9.83. The molecule has 0 atom stereocenters. The van der Waals surface area contributed by atoms with E-state index in [2.05, 4.69) is 10.2 Å². The van der Waals surface area contributed by atoms with Gasteiger partial charge in [0.1, 0.15) is 5.69 Å². The maximum Gasteiger partial charge on any atom is 0.335 e. The van der Waals surface area contributed by atoms with Gasteiger partial charge in [0.25, 0.3) is 0 Å². The summed E-state index contributed by atoms with van der Waals surface area (Å²) in [7, 11) is 0. The molecule has 0 unspecified atom stereocenters. The fourth-order valence-corrected chi connectivity index (χ4v) is 1.84. The number of nitrogens with zero attached hydrogens (tertiary/aromatic N) is 1. The molecule has 5 heteroatoms. The predicted molar refractivity (Wildman–Crippen MR) is 68.7 cm³/mol. The summed E-state index contributed by atoms with van der Waals surface area (Å²) in [4.78, 5) is 10.9. The van der Waals surface area contributed by atoms with Gasteiger partial charge in [0.2, 0.25) is 0 Å². The van der Waals surface area contributed by atoms with Gasteiger partial charge in [-0.2, -0.15) is 5.10 Å². The Morgan fingerprint density at radius 1 is 1.21 bits per heavy atom. The smallest absolute Gasteiger partial charge is 0.335 e. The maximum absolute atomic E-state index is 10.9. The van der Waals surface area contributed by atoms with Crippen LogP contribution >= 0.6 is 0 Å². The number of hydrogen-bond donors (Lipinski definition) is 2. The van der Waals surface area contributed by atoms with Gasteiger partial charge in [-0.1, -0.05) is 12.1 Å². The molecule has 2 N–H and O–H groups in total. The van der Waals surface area contributed by atoms with E-state index < -0.39 is 5.97 Å². The molecule has 19 heavy (non-hydrogen) atoms. The first-order valence-electron chi connectivity index (χ1n) is 5.67. The SMILES string of the molecule is O=C(O)c1cccc(-c2cc(-c3ccco3)[nH]n2)c1. The molecule has 0 spiro atoms. The zero-order chi connectivity index (χ0) is 13.2. The van der Waals surface area contributed by atoms with Crippen molar-refractivity contribution >= 4 is 5.97 Å². The van der Waals surface area contributed by atoms with E-state index in [0.717, 1.165) is 11.3 Å². The van der Waals surface area contributed by atoms with Crippen LogP contribution in [0.15, 0.2) is 53.1 Å². The topological polar surface area (TPSA) is 79.1 Å². The molecule has 3 rings (SSSR count). The minimum absolute atomic E-state index is 0.236. The summed E-state index contributed by atoms with van der Waals surface area (Å²) in [6.07, 6.45) is 1.58. The van der Waals surface area contributed by atoms with Gasteiger partial charge in [0.05, 0.1) is 17.5 Å². The lowest BCUT2D eigenvalue weighted by atomic mass is 10.1. The van der Waals surface area contributed by atoms with Crippen LogP contribution in [0.25, 0.3) is 22.7 Å². The molecule has 0 aliphatic rings. The number of aromatic carboxylic acids is 1. The molecule has 0 saturated carbocycles. The normalized spacial score (nSPS) is 10.5. The highest BCUT2D eigenvalue weighted by Crippen LogP contribution is 2.24. The molecule has 2 aromatic heterocycles. The van der Waals surface area contributed by atoms with Crippen molar-refractivity contribution in [3.05, 3.63) is 54.3 Å². The molecule has 1 aromatic carbocycles. The summed E-state index contributed by atoms with van der Waals surface area (Å²) < 4.78 is 5.27. The summed E-state index contributed by atoms with van der Waals surface area (Å²) in [6.45, 7) is 0. The monoisotopic (exact) mass is 254 g/mol. The number of H-pyrrole nitrogens is 1. The molecular formula is C14H10N2O3. The molecular weight excluding hydrogens is 244 g/mol. The standard InChI is InChI=1S/C14H10N2O3/c17-14(18)10-4-1-3-9(7-10)11-8-12(16-15-11)13-5-2-6-19-13/h1-8H,(H,15,16)(H,17,18). The number of aromatic nitrogens is 2. The van der Waals surface area contributed by atoms with Crippen molar-refractivity contribution in [1.82, 2.24) is 10.2 Å². The Hall–Kier alpha value is -2.82. The van der Waals surface area contributed by atoms with Crippen LogP contribution in [0.5, 0.6) is 0 Å². The van der Waals surface area contributed by atoms with Crippen molar-refractivity contribution in [3.8, 4) is 22.7 Å². The lowest BCUT2D eigenvalue weighted by Crippen LogP contribution is -1.95. The molecule has 0 fully saturated rings. The molecule has 0 radical (unpaired) electrons. The first kappa shape index (κ1) is 11.3. The third-order valence-corrected chi connectivity index (χ3v) is 2.77. The Labute approximate surface area is 108 Å². The molecule has 2 heterocycles. The Balaban J connectivity index is 1.99. The van der Waals surface area contributed by atoms with Crippen LogP contribution < -0.4 is 0 Å². The second-order valence-electron chi connectivity index (χ2n) is 4.03. The van der Waals surface area contributed by atoms with Crippen molar-refractivity contribution in [2.75, 3.05) is 0 Å². The largest absolute Gasteiger partial charge is 0.478 e. The first-order chi connectivity index (χ1) is 9.24. The highest BCUT2D eigenvalue weighted by molar-refractivity contribution is 5.89. The molecule has 0 bridgehead atoms. The van der Waals surface area contributed by atoms with Crippen molar-refractivity contribution in [2.45, 2.75) is 0 Å². The second-order valence-corrected chi connectivity index (χ2v) is 4.03. The van der Waals surface area contributed by atoms with E-state index in [0.29, 0.717) is 11.5 Å². The van der Waals surface area contributed by atoms with Crippen molar-refractivity contribution in [3.63, 3.8) is 0 Å². The Bertz CT molecular complexity index is 714. The minimum atomic E-state index is -0.955. The van der Waals surface area contributed by atoms with Crippen LogP contribution in [0.4, 0.5) is 0 Å². The van der Waals surface area contributed by atoms with Crippen molar-refractivity contribution < 1.29 is 14.3 Å². The molecule has 3 aromatic rings. The Morgan fingerprint density at radius 3 is 2.84 bits per heavy atom. The van der Waals surface area contributed by atoms with Gasteiger partial charge in [-0.05, 0) is 30.3 Å². The van der Waals surface area contributed by atoms with Gasteiger partial charge in [0.15, 0.2) is 5.76 Å². The summed E-state index contributed by atoms with van der Waals surface area (Å²) in [5.41, 5.74) is 2.41. The van der Waals surface area contributed by atoms with Gasteiger partial charge in [-0.15, -0.1) is 0 Å². The number of benzene rings is 1. The number of carboxylic acid groups (broad SMARTS) is 1. The summed E-state index contributed by atoms with van der Waals surface area (Å²) in [6, 6.07) is 12.1. The van der Waals surface area contributed by atoms with E-state index in [-0.39, 0.29) is 5.56 Å². The van der Waals surface area contributed by atoms with Gasteiger partial charge in [0, 0.05) is 5.56 Å². The van der Waals surface area contributed by atoms with Crippen molar-refractivity contribution in [1.29, 1.82) is 0 Å². The number of carboxylic acids is 1. The van der Waals surface area contributed by atoms with Crippen LogP contribution in [0.3, 0.4) is 0 Å². The zero-order valence-corrected chi connectivity index (χ0v) is 9.83. The number of rotatable bonds is 3. The molecule has 0 aliphatic heterocycles. The average molecular weight is 254 g/mol. The maximum atomic E-state index is 10.9. The van der Waals surface area contributed by atoms with E-state index in [1.807, 2.05) is 18.2 Å². The molecule has 94 valence electrons. The van der Waals surface area contributed by atoms with Gasteiger partial charge in [-0.25, -0.2) is 4.79 Å². The predicted octanol–water partition coefficient (Wildman–Crippen LogP) is 3.03. The molecule has 5 nitrogen and oxygen atoms in total. The third kappa shape index (κ3) is 2.13. The number of furan rings is 1.